The maximum absolute atomic E-state index is 12.3. The zero-order chi connectivity index (χ0) is 17.9. The average Bonchev–Trinajstić information content (AvgIpc) is 2.78. The molecule has 126 valence electrons. The van der Waals surface area contributed by atoms with E-state index in [1.807, 2.05) is 0 Å². The molecule has 24 heavy (non-hydrogen) atoms. The second-order valence-electron chi connectivity index (χ2n) is 6.10. The van der Waals surface area contributed by atoms with Gasteiger partial charge < -0.3 is 0 Å². The highest BCUT2D eigenvalue weighted by molar-refractivity contribution is 6.21. The van der Waals surface area contributed by atoms with Crippen LogP contribution in [0.15, 0.2) is 36.9 Å². The van der Waals surface area contributed by atoms with Gasteiger partial charge in [-0.25, -0.2) is 0 Å². The van der Waals surface area contributed by atoms with Gasteiger partial charge in [0.25, 0.3) is 11.8 Å². The fraction of sp³-hybridized carbons (Fsp3) is 0.368. The van der Waals surface area contributed by atoms with Gasteiger partial charge in [0.2, 0.25) is 0 Å². The van der Waals surface area contributed by atoms with Crippen LogP contribution in [0.2, 0.25) is 0 Å². The molecule has 2 amide bonds. The first-order valence-corrected chi connectivity index (χ1v) is 7.93. The first-order valence-electron chi connectivity index (χ1n) is 7.93. The van der Waals surface area contributed by atoms with Crippen molar-refractivity contribution < 1.29 is 19.2 Å². The van der Waals surface area contributed by atoms with Gasteiger partial charge in [0.1, 0.15) is 11.6 Å². The predicted octanol–water partition coefficient (Wildman–Crippen LogP) is 2.80. The van der Waals surface area contributed by atoms with Crippen LogP contribution in [0.25, 0.3) is 0 Å². The number of benzene rings is 1. The Morgan fingerprint density at radius 3 is 2.00 bits per heavy atom. The van der Waals surface area contributed by atoms with Crippen LogP contribution in [0.5, 0.6) is 0 Å². The molecule has 0 fully saturated rings. The fourth-order valence-corrected chi connectivity index (χ4v) is 3.22. The summed E-state index contributed by atoms with van der Waals surface area (Å²) in [5.41, 5.74) is -0.309. The van der Waals surface area contributed by atoms with E-state index in [9.17, 15) is 19.2 Å². The number of ketones is 2. The van der Waals surface area contributed by atoms with Crippen LogP contribution >= 0.6 is 0 Å². The second kappa shape index (κ2) is 6.91. The Balaban J connectivity index is 2.10. The van der Waals surface area contributed by atoms with E-state index in [1.165, 1.54) is 18.7 Å². The molecule has 0 spiro atoms. The lowest BCUT2D eigenvalue weighted by atomic mass is 9.73. The number of rotatable bonds is 8. The van der Waals surface area contributed by atoms with Crippen LogP contribution in [-0.4, -0.2) is 34.8 Å². The summed E-state index contributed by atoms with van der Waals surface area (Å²) in [6, 6.07) is 6.69. The predicted molar refractivity (Wildman–Crippen MR) is 89.7 cm³/mol. The Morgan fingerprint density at radius 2 is 1.58 bits per heavy atom. The van der Waals surface area contributed by atoms with Crippen molar-refractivity contribution in [1.82, 2.24) is 4.90 Å². The highest BCUT2D eigenvalue weighted by Crippen LogP contribution is 2.32. The van der Waals surface area contributed by atoms with E-state index in [-0.39, 0.29) is 42.8 Å². The minimum absolute atomic E-state index is 0.186. The van der Waals surface area contributed by atoms with Gasteiger partial charge in [0.05, 0.1) is 16.5 Å². The molecule has 5 nitrogen and oxygen atoms in total. The lowest BCUT2D eigenvalue weighted by Gasteiger charge is -2.28. The molecular formula is C19H21NO4. The molecular weight excluding hydrogens is 306 g/mol. The molecule has 0 N–H and O–H groups in total. The molecule has 0 aliphatic carbocycles. The van der Waals surface area contributed by atoms with Crippen LogP contribution in [0.4, 0.5) is 0 Å². The summed E-state index contributed by atoms with van der Waals surface area (Å²) in [4.78, 5) is 49.8. The van der Waals surface area contributed by atoms with E-state index in [0.717, 1.165) is 0 Å². The van der Waals surface area contributed by atoms with Crippen molar-refractivity contribution in [3.05, 3.63) is 48.0 Å². The topological polar surface area (TPSA) is 71.5 Å². The molecule has 1 aliphatic heterocycles. The molecule has 0 atom stereocenters. The second-order valence-corrected chi connectivity index (χ2v) is 6.10. The molecule has 1 aliphatic rings. The number of carbonyl (C=O) groups is 4. The Kier molecular flexibility index (Phi) is 5.12. The minimum Gasteiger partial charge on any atom is -0.299 e. The first kappa shape index (κ1) is 17.8. The molecule has 0 bridgehead atoms. The van der Waals surface area contributed by atoms with Gasteiger partial charge in [-0.05, 0) is 45.2 Å². The lowest BCUT2D eigenvalue weighted by Crippen LogP contribution is -2.38. The highest BCUT2D eigenvalue weighted by atomic mass is 16.2. The number of fused-ring (bicyclic) bond motifs is 1. The van der Waals surface area contributed by atoms with Crippen LogP contribution in [0.3, 0.4) is 0 Å². The van der Waals surface area contributed by atoms with Crippen LogP contribution < -0.4 is 0 Å². The summed E-state index contributed by atoms with van der Waals surface area (Å²) in [5.74, 6) is -1.07. The lowest BCUT2D eigenvalue weighted by molar-refractivity contribution is -0.138. The van der Waals surface area contributed by atoms with Gasteiger partial charge in [0.15, 0.2) is 0 Å². The average molecular weight is 327 g/mol. The van der Waals surface area contributed by atoms with Crippen molar-refractivity contribution in [2.24, 2.45) is 5.41 Å². The van der Waals surface area contributed by atoms with E-state index >= 15 is 0 Å². The molecule has 0 saturated carbocycles. The highest BCUT2D eigenvalue weighted by Gasteiger charge is 2.40. The number of imide groups is 1. The smallest absolute Gasteiger partial charge is 0.261 e. The van der Waals surface area contributed by atoms with Crippen LogP contribution in [0, 0.1) is 5.41 Å². The Bertz CT molecular complexity index is 671. The normalized spacial score (nSPS) is 13.8. The zero-order valence-corrected chi connectivity index (χ0v) is 14.0. The first-order chi connectivity index (χ1) is 11.3. The summed E-state index contributed by atoms with van der Waals surface area (Å²) < 4.78 is 0. The van der Waals surface area contributed by atoms with Gasteiger partial charge >= 0.3 is 0 Å². The third kappa shape index (κ3) is 2.94. The molecule has 2 rings (SSSR count). The maximum atomic E-state index is 12.3. The van der Waals surface area contributed by atoms with Crippen molar-refractivity contribution in [1.29, 1.82) is 0 Å². The van der Waals surface area contributed by atoms with Gasteiger partial charge in [-0.15, -0.1) is 6.58 Å². The summed E-state index contributed by atoms with van der Waals surface area (Å²) >= 11 is 0. The third-order valence-electron chi connectivity index (χ3n) is 4.70. The summed E-state index contributed by atoms with van der Waals surface area (Å²) in [7, 11) is 0. The third-order valence-corrected chi connectivity index (χ3v) is 4.70. The SMILES string of the molecule is C=CCC(CCCN1C(=O)c2ccccc2C1=O)(C(C)=O)C(C)=O. The fourth-order valence-electron chi connectivity index (χ4n) is 3.22. The standard InChI is InChI=1S/C19H21NO4/c1-4-10-19(13(2)21,14(3)22)11-7-12-20-17(23)15-8-5-6-9-16(15)18(20)24/h4-6,8-9H,1,7,10-12H2,2-3H3. The number of hydrogen-bond acceptors (Lipinski definition) is 4. The van der Waals surface area contributed by atoms with E-state index in [4.69, 9.17) is 0 Å². The van der Waals surface area contributed by atoms with Crippen LogP contribution in [-0.2, 0) is 9.59 Å². The monoisotopic (exact) mass is 327 g/mol. The number of hydrogen-bond donors (Lipinski definition) is 0. The van der Waals surface area contributed by atoms with E-state index in [1.54, 1.807) is 30.3 Å². The van der Waals surface area contributed by atoms with E-state index in [2.05, 4.69) is 6.58 Å². The number of amides is 2. The van der Waals surface area contributed by atoms with Crippen molar-refractivity contribution in [3.8, 4) is 0 Å². The minimum atomic E-state index is -1.11. The molecule has 5 heteroatoms. The number of nitrogens with zero attached hydrogens (tertiary/aromatic N) is 1. The van der Waals surface area contributed by atoms with E-state index < -0.39 is 5.41 Å². The quantitative estimate of drug-likeness (QED) is 0.418. The summed E-state index contributed by atoms with van der Waals surface area (Å²) in [6.45, 7) is 6.60. The van der Waals surface area contributed by atoms with Crippen molar-refractivity contribution in [2.45, 2.75) is 33.1 Å². The van der Waals surface area contributed by atoms with Crippen molar-refractivity contribution >= 4 is 23.4 Å². The van der Waals surface area contributed by atoms with Crippen LogP contribution in [0.1, 0.15) is 53.8 Å². The van der Waals surface area contributed by atoms with Gasteiger partial charge in [0, 0.05) is 6.54 Å². The molecule has 0 unspecified atom stereocenters. The molecule has 0 radical (unpaired) electrons. The number of Topliss-reactive ketones (excluding diaryl/α,β-unsaturated/α-hetero) is 2. The molecule has 0 aromatic heterocycles. The number of allylic oxidation sites excluding steroid dienone is 1. The Labute approximate surface area is 141 Å². The number of carbonyl (C=O) groups excluding carboxylic acids is 4. The molecule has 0 saturated heterocycles. The molecule has 1 aromatic rings. The van der Waals surface area contributed by atoms with Crippen molar-refractivity contribution in [2.75, 3.05) is 6.54 Å². The van der Waals surface area contributed by atoms with Gasteiger partial charge in [-0.2, -0.15) is 0 Å². The Morgan fingerprint density at radius 1 is 1.08 bits per heavy atom. The Hall–Kier alpha value is -2.56. The molecule has 1 aromatic carbocycles. The maximum Gasteiger partial charge on any atom is 0.261 e. The van der Waals surface area contributed by atoms with E-state index in [0.29, 0.717) is 17.5 Å². The largest absolute Gasteiger partial charge is 0.299 e. The molecule has 1 heterocycles. The summed E-state index contributed by atoms with van der Waals surface area (Å²) in [5, 5.41) is 0. The van der Waals surface area contributed by atoms with Gasteiger partial charge in [-0.3, -0.25) is 24.1 Å². The summed E-state index contributed by atoms with van der Waals surface area (Å²) in [6.07, 6.45) is 2.50. The van der Waals surface area contributed by atoms with Gasteiger partial charge in [-0.1, -0.05) is 18.2 Å². The van der Waals surface area contributed by atoms with Crippen molar-refractivity contribution in [3.63, 3.8) is 0 Å². The zero-order valence-electron chi connectivity index (χ0n) is 14.0.